The number of allylic oxidation sites excluding steroid dienone is 2. The van der Waals surface area contributed by atoms with E-state index in [-0.39, 0.29) is 5.82 Å². The van der Waals surface area contributed by atoms with Gasteiger partial charge in [0.15, 0.2) is 0 Å². The monoisotopic (exact) mass is 306 g/mol. The summed E-state index contributed by atoms with van der Waals surface area (Å²) in [4.78, 5) is 0. The fourth-order valence-electron chi connectivity index (χ4n) is 1.01. The van der Waals surface area contributed by atoms with Gasteiger partial charge in [-0.05, 0) is 23.3 Å². The lowest BCUT2D eigenvalue weighted by molar-refractivity contribution is 0.627. The Labute approximate surface area is 94.1 Å². The summed E-state index contributed by atoms with van der Waals surface area (Å²) in [6.45, 7) is 0. The fourth-order valence-corrected chi connectivity index (χ4v) is 1.95. The number of halogens is 3. The van der Waals surface area contributed by atoms with E-state index in [2.05, 4.69) is 37.9 Å². The summed E-state index contributed by atoms with van der Waals surface area (Å²) in [5, 5.41) is 1.59. The Morgan fingerprint density at radius 2 is 1.85 bits per heavy atom. The summed E-state index contributed by atoms with van der Waals surface area (Å²) in [7, 11) is 0. The second-order valence-electron chi connectivity index (χ2n) is 2.52. The molecule has 0 N–H and O–H groups in total. The summed E-state index contributed by atoms with van der Waals surface area (Å²) >= 11 is 6.72. The van der Waals surface area contributed by atoms with E-state index in [0.29, 0.717) is 0 Å². The molecule has 0 heterocycles. The number of benzene rings is 1. The van der Waals surface area contributed by atoms with Gasteiger partial charge in [-0.3, -0.25) is 0 Å². The van der Waals surface area contributed by atoms with Gasteiger partial charge in [-0.1, -0.05) is 50.1 Å². The number of alkyl halides is 2. The van der Waals surface area contributed by atoms with Gasteiger partial charge in [0.05, 0.1) is 0 Å². The lowest BCUT2D eigenvalue weighted by Crippen LogP contribution is -1.86. The van der Waals surface area contributed by atoms with Crippen molar-refractivity contribution in [1.29, 1.82) is 0 Å². The molecule has 70 valence electrons. The molecule has 0 aliphatic heterocycles. The molecule has 0 saturated carbocycles. The van der Waals surface area contributed by atoms with E-state index in [4.69, 9.17) is 0 Å². The zero-order chi connectivity index (χ0) is 9.68. The molecule has 0 unspecified atom stereocenters. The maximum atomic E-state index is 12.6. The highest BCUT2D eigenvalue weighted by Crippen LogP contribution is 2.17. The first-order valence-corrected chi connectivity index (χ1v) is 6.09. The summed E-state index contributed by atoms with van der Waals surface area (Å²) in [6, 6.07) is 6.51. The Morgan fingerprint density at radius 1 is 1.23 bits per heavy atom. The van der Waals surface area contributed by atoms with Gasteiger partial charge in [0, 0.05) is 10.7 Å². The molecule has 0 fully saturated rings. The molecule has 0 aliphatic rings. The van der Waals surface area contributed by atoms with E-state index < -0.39 is 0 Å². The first-order chi connectivity index (χ1) is 6.27. The topological polar surface area (TPSA) is 0 Å². The third-order valence-corrected chi connectivity index (χ3v) is 2.61. The van der Waals surface area contributed by atoms with E-state index in [1.54, 1.807) is 12.1 Å². The molecular weight excluding hydrogens is 299 g/mol. The van der Waals surface area contributed by atoms with Crippen LogP contribution in [0.2, 0.25) is 0 Å². The van der Waals surface area contributed by atoms with Crippen LogP contribution in [0.1, 0.15) is 5.56 Å². The van der Waals surface area contributed by atoms with Crippen molar-refractivity contribution in [1.82, 2.24) is 0 Å². The minimum absolute atomic E-state index is 0.198. The predicted molar refractivity (Wildman–Crippen MR) is 62.0 cm³/mol. The van der Waals surface area contributed by atoms with E-state index >= 15 is 0 Å². The highest BCUT2D eigenvalue weighted by molar-refractivity contribution is 9.09. The third-order valence-electron chi connectivity index (χ3n) is 1.68. The van der Waals surface area contributed by atoms with Crippen LogP contribution in [-0.2, 0) is 0 Å². The van der Waals surface area contributed by atoms with Crippen LogP contribution in [0.3, 0.4) is 0 Å². The number of hydrogen-bond acceptors (Lipinski definition) is 0. The molecule has 3 heteroatoms. The summed E-state index contributed by atoms with van der Waals surface area (Å²) in [5.41, 5.74) is 2.22. The van der Waals surface area contributed by atoms with Gasteiger partial charge in [-0.25, -0.2) is 4.39 Å². The van der Waals surface area contributed by atoms with Crippen molar-refractivity contribution >= 4 is 37.4 Å². The molecule has 0 bridgehead atoms. The molecule has 0 spiro atoms. The second kappa shape index (κ2) is 5.55. The zero-order valence-corrected chi connectivity index (χ0v) is 10.1. The fraction of sp³-hybridized carbons (Fsp3) is 0.200. The van der Waals surface area contributed by atoms with Gasteiger partial charge in [0.25, 0.3) is 0 Å². The Bertz CT molecular complexity index is 290. The van der Waals surface area contributed by atoms with Gasteiger partial charge in [-0.2, -0.15) is 0 Å². The SMILES string of the molecule is Fc1ccc(C(=CCBr)CBr)cc1. The summed E-state index contributed by atoms with van der Waals surface area (Å²) in [5.74, 6) is -0.198. The highest BCUT2D eigenvalue weighted by Gasteiger charge is 1.98. The van der Waals surface area contributed by atoms with Gasteiger partial charge in [0.1, 0.15) is 5.82 Å². The minimum atomic E-state index is -0.198. The first kappa shape index (κ1) is 10.9. The molecule has 1 aromatic carbocycles. The van der Waals surface area contributed by atoms with Crippen molar-refractivity contribution in [3.63, 3.8) is 0 Å². The smallest absolute Gasteiger partial charge is 0.123 e. The molecule has 0 saturated heterocycles. The lowest BCUT2D eigenvalue weighted by atomic mass is 10.1. The van der Waals surface area contributed by atoms with E-state index in [1.165, 1.54) is 12.1 Å². The molecule has 1 rings (SSSR count). The van der Waals surface area contributed by atoms with Crippen LogP contribution in [0.25, 0.3) is 5.57 Å². The average Bonchev–Trinajstić information content (AvgIpc) is 2.16. The Hall–Kier alpha value is -0.150. The maximum Gasteiger partial charge on any atom is 0.123 e. The van der Waals surface area contributed by atoms with Crippen LogP contribution in [0.5, 0.6) is 0 Å². The van der Waals surface area contributed by atoms with E-state index in [9.17, 15) is 4.39 Å². The molecule has 0 aromatic heterocycles. The van der Waals surface area contributed by atoms with Crippen LogP contribution < -0.4 is 0 Å². The highest BCUT2D eigenvalue weighted by atomic mass is 79.9. The molecule has 1 aromatic rings. The largest absolute Gasteiger partial charge is 0.207 e. The summed E-state index contributed by atoms with van der Waals surface area (Å²) < 4.78 is 12.6. The molecule has 0 aliphatic carbocycles. The quantitative estimate of drug-likeness (QED) is 0.741. The van der Waals surface area contributed by atoms with Crippen LogP contribution in [0.4, 0.5) is 4.39 Å². The zero-order valence-electron chi connectivity index (χ0n) is 6.93. The van der Waals surface area contributed by atoms with Crippen molar-refractivity contribution in [2.75, 3.05) is 10.7 Å². The van der Waals surface area contributed by atoms with Crippen molar-refractivity contribution in [3.8, 4) is 0 Å². The Kier molecular flexibility index (Phi) is 4.67. The van der Waals surface area contributed by atoms with E-state index in [1.807, 2.05) is 0 Å². The van der Waals surface area contributed by atoms with Crippen molar-refractivity contribution in [2.45, 2.75) is 0 Å². The lowest BCUT2D eigenvalue weighted by Gasteiger charge is -2.02. The van der Waals surface area contributed by atoms with Gasteiger partial charge < -0.3 is 0 Å². The standard InChI is InChI=1S/C10H9Br2F/c11-6-5-9(7-12)8-1-3-10(13)4-2-8/h1-5H,6-7H2. The number of hydrogen-bond donors (Lipinski definition) is 0. The maximum absolute atomic E-state index is 12.6. The van der Waals surface area contributed by atoms with Crippen molar-refractivity contribution in [3.05, 3.63) is 41.7 Å². The van der Waals surface area contributed by atoms with E-state index in [0.717, 1.165) is 21.8 Å². The summed E-state index contributed by atoms with van der Waals surface area (Å²) in [6.07, 6.45) is 2.06. The second-order valence-corrected chi connectivity index (χ2v) is 3.73. The predicted octanol–water partition coefficient (Wildman–Crippen LogP) is 4.00. The van der Waals surface area contributed by atoms with Crippen molar-refractivity contribution in [2.24, 2.45) is 0 Å². The molecule has 13 heavy (non-hydrogen) atoms. The average molecular weight is 308 g/mol. The van der Waals surface area contributed by atoms with Gasteiger partial charge in [-0.15, -0.1) is 0 Å². The van der Waals surface area contributed by atoms with Gasteiger partial charge in [0.2, 0.25) is 0 Å². The first-order valence-electron chi connectivity index (χ1n) is 3.85. The normalized spacial score (nSPS) is 11.8. The molecule has 0 amide bonds. The molecule has 0 nitrogen and oxygen atoms in total. The van der Waals surface area contributed by atoms with Crippen LogP contribution in [-0.4, -0.2) is 10.7 Å². The Balaban J connectivity index is 2.92. The van der Waals surface area contributed by atoms with Crippen molar-refractivity contribution < 1.29 is 4.39 Å². The molecule has 0 atom stereocenters. The van der Waals surface area contributed by atoms with Gasteiger partial charge >= 0.3 is 0 Å². The minimum Gasteiger partial charge on any atom is -0.207 e. The third kappa shape index (κ3) is 3.24. The Morgan fingerprint density at radius 3 is 2.31 bits per heavy atom. The molecular formula is C10H9Br2F. The van der Waals surface area contributed by atoms with Crippen LogP contribution >= 0.6 is 31.9 Å². The number of rotatable bonds is 3. The van der Waals surface area contributed by atoms with Crippen LogP contribution in [0, 0.1) is 5.82 Å². The molecule has 0 radical (unpaired) electrons. The van der Waals surface area contributed by atoms with Crippen LogP contribution in [0.15, 0.2) is 30.3 Å².